The maximum Gasteiger partial charge on any atom is 0.343 e. The summed E-state index contributed by atoms with van der Waals surface area (Å²) in [6, 6.07) is 4.50. The lowest BCUT2D eigenvalue weighted by Gasteiger charge is -2.24. The van der Waals surface area contributed by atoms with E-state index in [1.807, 2.05) is 13.8 Å². The summed E-state index contributed by atoms with van der Waals surface area (Å²) in [5, 5.41) is 19.2. The molecule has 0 aromatic rings. The largest absolute Gasteiger partial charge is 0.343 e. The number of hydrogen-bond donors (Lipinski definition) is 2. The summed E-state index contributed by atoms with van der Waals surface area (Å²) in [6.07, 6.45) is 0. The molecule has 3 atom stereocenters. The summed E-state index contributed by atoms with van der Waals surface area (Å²) < 4.78 is 11.2. The molecule has 94 valence electrons. The highest BCUT2D eigenvalue weighted by atomic mass is 16.8. The molecular formula is C12H15N4O2+. The van der Waals surface area contributed by atoms with E-state index in [9.17, 15) is 10.5 Å². The normalized spacial score (nSPS) is 43.4. The van der Waals surface area contributed by atoms with Crippen LogP contribution in [-0.2, 0) is 9.47 Å². The van der Waals surface area contributed by atoms with Crippen LogP contribution >= 0.6 is 0 Å². The molecule has 2 fully saturated rings. The van der Waals surface area contributed by atoms with Gasteiger partial charge in [0.1, 0.15) is 0 Å². The number of nitrogens with one attached hydrogen (secondary N) is 1. The molecule has 3 aliphatic rings. The first-order valence-electron chi connectivity index (χ1n) is 6.04. The predicted octanol–water partition coefficient (Wildman–Crippen LogP) is -1.56. The van der Waals surface area contributed by atoms with Gasteiger partial charge in [0.25, 0.3) is 5.84 Å². The number of rotatable bonds is 1. The van der Waals surface area contributed by atoms with Crippen molar-refractivity contribution in [2.45, 2.75) is 19.8 Å². The molecule has 18 heavy (non-hydrogen) atoms. The molecule has 0 aromatic carbocycles. The minimum Gasteiger partial charge on any atom is -0.311 e. The Morgan fingerprint density at radius 2 is 1.94 bits per heavy atom. The molecule has 3 rings (SSSR count). The Morgan fingerprint density at radius 1 is 1.33 bits per heavy atom. The van der Waals surface area contributed by atoms with Crippen LogP contribution in [0.25, 0.3) is 0 Å². The zero-order chi connectivity index (χ0) is 13.2. The number of nitrogens with two attached hydrogens (primary N) is 1. The van der Waals surface area contributed by atoms with Gasteiger partial charge < -0.3 is 9.47 Å². The van der Waals surface area contributed by atoms with E-state index >= 15 is 0 Å². The maximum absolute atomic E-state index is 9.66. The van der Waals surface area contributed by atoms with Crippen molar-refractivity contribution in [1.29, 1.82) is 10.5 Å². The minimum absolute atomic E-state index is 0.148. The predicted molar refractivity (Wildman–Crippen MR) is 59.2 cm³/mol. The Kier molecular flexibility index (Phi) is 1.93. The van der Waals surface area contributed by atoms with Crippen molar-refractivity contribution in [3.63, 3.8) is 0 Å². The van der Waals surface area contributed by atoms with Crippen molar-refractivity contribution in [3.8, 4) is 12.1 Å². The molecule has 1 spiro atoms. The van der Waals surface area contributed by atoms with Gasteiger partial charge in [0, 0.05) is 5.92 Å². The van der Waals surface area contributed by atoms with Gasteiger partial charge in [-0.25, -0.2) is 4.99 Å². The Bertz CT molecular complexity index is 523. The first-order valence-corrected chi connectivity index (χ1v) is 6.04. The van der Waals surface area contributed by atoms with Crippen LogP contribution in [0.1, 0.15) is 13.8 Å². The van der Waals surface area contributed by atoms with Crippen molar-refractivity contribution in [2.75, 3.05) is 13.2 Å². The molecule has 0 radical (unpaired) electrons. The first kappa shape index (κ1) is 11.5. The van der Waals surface area contributed by atoms with Crippen LogP contribution in [0.2, 0.25) is 0 Å². The topological polar surface area (TPSA) is 106 Å². The minimum atomic E-state index is -1.24. The molecule has 1 aliphatic carbocycles. The number of nitriles is 2. The van der Waals surface area contributed by atoms with Gasteiger partial charge in [0.05, 0.1) is 25.4 Å². The van der Waals surface area contributed by atoms with E-state index in [0.717, 1.165) is 0 Å². The van der Waals surface area contributed by atoms with Crippen LogP contribution in [0.4, 0.5) is 0 Å². The lowest BCUT2D eigenvalue weighted by atomic mass is 9.93. The fraction of sp³-hybridized carbons (Fsp3) is 0.750. The highest BCUT2D eigenvalue weighted by Gasteiger charge is 2.97. The summed E-state index contributed by atoms with van der Waals surface area (Å²) in [7, 11) is 0. The summed E-state index contributed by atoms with van der Waals surface area (Å²) in [5.41, 5.74) is 3.94. The molecule has 0 aromatic heterocycles. The summed E-state index contributed by atoms with van der Waals surface area (Å²) in [6.45, 7) is 4.76. The number of fused-ring (bicyclic) bond motifs is 2. The zero-order valence-electron chi connectivity index (χ0n) is 10.4. The standard InChI is InChI=1S/C12H14N4O2/c1-7(2)8-10(5-13)9(15)16-12(11(8,10)6-14)17-3-4-18-12/h7-8H,3-4H2,1-2H3,(H2,15,16)/p+1/t8-,10-,11-/m1/s1. The lowest BCUT2D eigenvalue weighted by Crippen LogP contribution is -2.90. The second kappa shape index (κ2) is 3.03. The molecule has 1 saturated heterocycles. The van der Waals surface area contributed by atoms with E-state index in [-0.39, 0.29) is 11.8 Å². The highest BCUT2D eigenvalue weighted by Crippen LogP contribution is 2.76. The van der Waals surface area contributed by atoms with Gasteiger partial charge in [-0.15, -0.1) is 0 Å². The van der Waals surface area contributed by atoms with Gasteiger partial charge in [-0.2, -0.15) is 10.5 Å². The van der Waals surface area contributed by atoms with Gasteiger partial charge in [-0.05, 0) is 5.92 Å². The monoisotopic (exact) mass is 247 g/mol. The van der Waals surface area contributed by atoms with E-state index in [2.05, 4.69) is 17.1 Å². The van der Waals surface area contributed by atoms with Gasteiger partial charge in [-0.1, -0.05) is 13.8 Å². The third-order valence-electron chi connectivity index (χ3n) is 4.43. The van der Waals surface area contributed by atoms with Gasteiger partial charge >= 0.3 is 5.91 Å². The smallest absolute Gasteiger partial charge is 0.311 e. The molecular weight excluding hydrogens is 232 g/mol. The average molecular weight is 247 g/mol. The number of nitrogens with zero attached hydrogens (tertiary/aromatic N) is 2. The third-order valence-corrected chi connectivity index (χ3v) is 4.43. The maximum atomic E-state index is 9.66. The van der Waals surface area contributed by atoms with Crippen LogP contribution in [0.5, 0.6) is 0 Å². The fourth-order valence-electron chi connectivity index (χ4n) is 3.88. The van der Waals surface area contributed by atoms with Crippen LogP contribution in [0.15, 0.2) is 0 Å². The highest BCUT2D eigenvalue weighted by molar-refractivity contribution is 5.93. The van der Waals surface area contributed by atoms with Crippen LogP contribution in [0, 0.1) is 45.3 Å². The molecule has 6 nitrogen and oxygen atoms in total. The Balaban J connectivity index is 2.21. The van der Waals surface area contributed by atoms with Crippen molar-refractivity contribution in [2.24, 2.45) is 28.4 Å². The lowest BCUT2D eigenvalue weighted by molar-refractivity contribution is -0.677. The summed E-state index contributed by atoms with van der Waals surface area (Å²) in [4.78, 5) is 2.90. The molecule has 0 bridgehead atoms. The van der Waals surface area contributed by atoms with Gasteiger partial charge in [0.15, 0.2) is 10.8 Å². The van der Waals surface area contributed by atoms with E-state index < -0.39 is 16.7 Å². The van der Waals surface area contributed by atoms with E-state index in [0.29, 0.717) is 19.0 Å². The fourth-order valence-corrected chi connectivity index (χ4v) is 3.88. The van der Waals surface area contributed by atoms with Crippen molar-refractivity contribution in [1.82, 2.24) is 0 Å². The molecule has 2 aliphatic heterocycles. The molecule has 0 unspecified atom stereocenters. The van der Waals surface area contributed by atoms with E-state index in [1.165, 1.54) is 0 Å². The molecule has 6 heteroatoms. The summed E-state index contributed by atoms with van der Waals surface area (Å²) >= 11 is 0. The number of hydrogen-bond acceptors (Lipinski definition) is 5. The van der Waals surface area contributed by atoms with Crippen molar-refractivity contribution >= 4 is 5.84 Å². The second-order valence-corrected chi connectivity index (χ2v) is 5.41. The molecule has 2 heterocycles. The summed E-state index contributed by atoms with van der Waals surface area (Å²) in [5.74, 6) is -0.961. The second-order valence-electron chi connectivity index (χ2n) is 5.41. The van der Waals surface area contributed by atoms with Crippen LogP contribution < -0.4 is 10.7 Å². The molecule has 0 amide bonds. The Labute approximate surface area is 105 Å². The first-order chi connectivity index (χ1) is 8.52. The molecule has 1 saturated carbocycles. The van der Waals surface area contributed by atoms with Crippen molar-refractivity contribution < 1.29 is 14.5 Å². The number of amidine groups is 1. The zero-order valence-corrected chi connectivity index (χ0v) is 10.4. The van der Waals surface area contributed by atoms with E-state index in [1.54, 1.807) is 0 Å². The SMILES string of the molecule is CC(C)[C@@H]1[C@]2(C#N)C(N)=[NH+]C3(OCCO3)[C@]12C#N. The molecule has 3 N–H and O–H groups in total. The Hall–Kier alpha value is -1.63. The van der Waals surface area contributed by atoms with Crippen LogP contribution in [0.3, 0.4) is 0 Å². The third kappa shape index (κ3) is 0.808. The van der Waals surface area contributed by atoms with Crippen molar-refractivity contribution in [3.05, 3.63) is 0 Å². The number of ether oxygens (including phenoxy) is 2. The van der Waals surface area contributed by atoms with Gasteiger partial charge in [-0.3, -0.25) is 5.73 Å². The average Bonchev–Trinajstić information content (AvgIpc) is 2.62. The Morgan fingerprint density at radius 3 is 2.33 bits per heavy atom. The van der Waals surface area contributed by atoms with E-state index in [4.69, 9.17) is 15.2 Å². The van der Waals surface area contributed by atoms with Crippen LogP contribution in [-0.4, -0.2) is 25.0 Å². The van der Waals surface area contributed by atoms with Gasteiger partial charge in [0.2, 0.25) is 0 Å². The quantitative estimate of drug-likeness (QED) is 0.583.